The molecule has 1 aromatic carbocycles. The van der Waals surface area contributed by atoms with Crippen LogP contribution in [0.2, 0.25) is 0 Å². The van der Waals surface area contributed by atoms with E-state index in [2.05, 4.69) is 50.8 Å². The molecular weight excluding hydrogens is 376 g/mol. The fraction of sp³-hybridized carbons (Fsp3) is 0.667. The van der Waals surface area contributed by atoms with Gasteiger partial charge in [-0.05, 0) is 71.1 Å². The van der Waals surface area contributed by atoms with Gasteiger partial charge < -0.3 is 15.5 Å². The molecule has 2 saturated heterocycles. The zero-order chi connectivity index (χ0) is 21.6. The van der Waals surface area contributed by atoms with E-state index in [9.17, 15) is 9.59 Å². The predicted molar refractivity (Wildman–Crippen MR) is 120 cm³/mol. The van der Waals surface area contributed by atoms with Crippen LogP contribution in [0.15, 0.2) is 30.3 Å². The van der Waals surface area contributed by atoms with Crippen LogP contribution < -0.4 is 10.6 Å². The molecule has 166 valence electrons. The molecule has 0 bridgehead atoms. The van der Waals surface area contributed by atoms with Crippen LogP contribution in [0.4, 0.5) is 0 Å². The molecule has 0 aliphatic carbocycles. The summed E-state index contributed by atoms with van der Waals surface area (Å²) < 4.78 is 0. The summed E-state index contributed by atoms with van der Waals surface area (Å²) in [5.41, 5.74) is 0.530. The first kappa shape index (κ1) is 22.8. The van der Waals surface area contributed by atoms with Crippen LogP contribution in [0.3, 0.4) is 0 Å². The molecule has 0 spiro atoms. The van der Waals surface area contributed by atoms with Gasteiger partial charge in [-0.1, -0.05) is 30.3 Å². The molecule has 0 aromatic heterocycles. The van der Waals surface area contributed by atoms with Gasteiger partial charge in [-0.25, -0.2) is 0 Å². The summed E-state index contributed by atoms with van der Waals surface area (Å²) >= 11 is 0. The standard InChI is InChI=1S/C24H38N4O2/c1-24(2,23(30)25-3)26-22(29)20-10-7-14-28(18-20)21-12-16-27(17-13-21)15-11-19-8-5-4-6-9-19/h4-6,8-9,20-21H,7,10-18H2,1-3H3,(H,25,30)(H,26,29)/t20-/m1/s1. The molecule has 3 rings (SSSR count). The molecule has 0 saturated carbocycles. The van der Waals surface area contributed by atoms with Gasteiger partial charge in [0.15, 0.2) is 0 Å². The Morgan fingerprint density at radius 1 is 1.07 bits per heavy atom. The Kier molecular flexibility index (Phi) is 7.89. The number of amides is 2. The molecule has 2 amide bonds. The highest BCUT2D eigenvalue weighted by Gasteiger charge is 2.35. The SMILES string of the molecule is CNC(=O)C(C)(C)NC(=O)[C@@H]1CCCN(C2CCN(CCc3ccccc3)CC2)C1. The number of likely N-dealkylation sites (N-methyl/N-ethyl adjacent to an activating group) is 1. The minimum atomic E-state index is -0.877. The Hall–Kier alpha value is -1.92. The van der Waals surface area contributed by atoms with E-state index in [-0.39, 0.29) is 17.7 Å². The molecule has 2 aliphatic rings. The number of piperidine rings is 2. The van der Waals surface area contributed by atoms with Gasteiger partial charge in [-0.3, -0.25) is 14.5 Å². The van der Waals surface area contributed by atoms with Crippen LogP contribution in [0.1, 0.15) is 45.1 Å². The summed E-state index contributed by atoms with van der Waals surface area (Å²) in [6.45, 7) is 8.80. The summed E-state index contributed by atoms with van der Waals surface area (Å²) in [5, 5.41) is 5.58. The summed E-state index contributed by atoms with van der Waals surface area (Å²) in [5.74, 6) is -0.182. The molecular formula is C24H38N4O2. The van der Waals surface area contributed by atoms with Crippen molar-refractivity contribution in [3.8, 4) is 0 Å². The first-order chi connectivity index (χ1) is 14.4. The van der Waals surface area contributed by atoms with E-state index >= 15 is 0 Å². The van der Waals surface area contributed by atoms with Crippen LogP contribution in [0, 0.1) is 5.92 Å². The maximum atomic E-state index is 12.8. The smallest absolute Gasteiger partial charge is 0.244 e. The monoisotopic (exact) mass is 414 g/mol. The number of hydrogen-bond donors (Lipinski definition) is 2. The lowest BCUT2D eigenvalue weighted by Gasteiger charge is -2.42. The topological polar surface area (TPSA) is 64.7 Å². The average Bonchev–Trinajstić information content (AvgIpc) is 2.78. The van der Waals surface area contributed by atoms with Gasteiger partial charge in [0.1, 0.15) is 5.54 Å². The molecule has 2 heterocycles. The molecule has 6 heteroatoms. The lowest BCUT2D eigenvalue weighted by atomic mass is 9.92. The molecule has 0 unspecified atom stereocenters. The van der Waals surface area contributed by atoms with Gasteiger partial charge in [0, 0.05) is 26.2 Å². The van der Waals surface area contributed by atoms with Crippen molar-refractivity contribution in [2.24, 2.45) is 5.92 Å². The van der Waals surface area contributed by atoms with Crippen LogP contribution in [0.25, 0.3) is 0 Å². The molecule has 2 N–H and O–H groups in total. The van der Waals surface area contributed by atoms with Gasteiger partial charge >= 0.3 is 0 Å². The highest BCUT2D eigenvalue weighted by Crippen LogP contribution is 2.24. The van der Waals surface area contributed by atoms with Crippen LogP contribution >= 0.6 is 0 Å². The van der Waals surface area contributed by atoms with Crippen LogP contribution in [0.5, 0.6) is 0 Å². The fourth-order valence-electron chi connectivity index (χ4n) is 4.77. The van der Waals surface area contributed by atoms with E-state index in [0.29, 0.717) is 6.04 Å². The average molecular weight is 415 g/mol. The molecule has 1 aromatic rings. The van der Waals surface area contributed by atoms with Crippen LogP contribution in [-0.4, -0.2) is 73.0 Å². The molecule has 2 aliphatic heterocycles. The number of carbonyl (C=O) groups is 2. The first-order valence-electron chi connectivity index (χ1n) is 11.4. The van der Waals surface area contributed by atoms with Crippen molar-refractivity contribution in [1.29, 1.82) is 0 Å². The van der Waals surface area contributed by atoms with Crippen molar-refractivity contribution in [1.82, 2.24) is 20.4 Å². The van der Waals surface area contributed by atoms with Gasteiger partial charge in [0.2, 0.25) is 11.8 Å². The van der Waals surface area contributed by atoms with Gasteiger partial charge in [-0.15, -0.1) is 0 Å². The summed E-state index contributed by atoms with van der Waals surface area (Å²) in [6.07, 6.45) is 5.41. The molecule has 30 heavy (non-hydrogen) atoms. The van der Waals surface area contributed by atoms with Gasteiger partial charge in [0.25, 0.3) is 0 Å². The third-order valence-corrected chi connectivity index (χ3v) is 6.69. The maximum Gasteiger partial charge on any atom is 0.244 e. The third-order valence-electron chi connectivity index (χ3n) is 6.69. The van der Waals surface area contributed by atoms with Gasteiger partial charge in [-0.2, -0.15) is 0 Å². The lowest BCUT2D eigenvalue weighted by molar-refractivity contribution is -0.135. The third kappa shape index (κ3) is 6.05. The first-order valence-corrected chi connectivity index (χ1v) is 11.4. The maximum absolute atomic E-state index is 12.8. The summed E-state index contributed by atoms with van der Waals surface area (Å²) in [7, 11) is 1.60. The second-order valence-corrected chi connectivity index (χ2v) is 9.34. The van der Waals surface area contributed by atoms with Crippen molar-refractivity contribution in [3.05, 3.63) is 35.9 Å². The second-order valence-electron chi connectivity index (χ2n) is 9.34. The Bertz CT molecular complexity index is 698. The van der Waals surface area contributed by atoms with E-state index in [4.69, 9.17) is 0 Å². The van der Waals surface area contributed by atoms with Crippen molar-refractivity contribution in [3.63, 3.8) is 0 Å². The molecule has 0 radical (unpaired) electrons. The fourth-order valence-corrected chi connectivity index (χ4v) is 4.77. The van der Waals surface area contributed by atoms with E-state index < -0.39 is 5.54 Å². The normalized spacial score (nSPS) is 21.9. The van der Waals surface area contributed by atoms with Crippen molar-refractivity contribution >= 4 is 11.8 Å². The van der Waals surface area contributed by atoms with E-state index in [1.807, 2.05) is 0 Å². The quantitative estimate of drug-likeness (QED) is 0.717. The van der Waals surface area contributed by atoms with E-state index in [0.717, 1.165) is 52.0 Å². The molecule has 2 fully saturated rings. The van der Waals surface area contributed by atoms with E-state index in [1.165, 1.54) is 18.4 Å². The number of benzene rings is 1. The largest absolute Gasteiger partial charge is 0.357 e. The molecule has 6 nitrogen and oxygen atoms in total. The number of carbonyl (C=O) groups excluding carboxylic acids is 2. The van der Waals surface area contributed by atoms with Gasteiger partial charge in [0.05, 0.1) is 5.92 Å². The number of nitrogens with zero attached hydrogens (tertiary/aromatic N) is 2. The van der Waals surface area contributed by atoms with Crippen molar-refractivity contribution < 1.29 is 9.59 Å². The highest BCUT2D eigenvalue weighted by molar-refractivity contribution is 5.91. The lowest BCUT2D eigenvalue weighted by Crippen LogP contribution is -2.57. The predicted octanol–water partition coefficient (Wildman–Crippen LogP) is 2.05. The number of rotatable bonds is 7. The Morgan fingerprint density at radius 3 is 2.43 bits per heavy atom. The summed E-state index contributed by atoms with van der Waals surface area (Å²) in [4.78, 5) is 29.9. The summed E-state index contributed by atoms with van der Waals surface area (Å²) in [6, 6.07) is 11.3. The number of likely N-dealkylation sites (tertiary alicyclic amines) is 2. The zero-order valence-corrected chi connectivity index (χ0v) is 18.8. The Morgan fingerprint density at radius 2 is 1.77 bits per heavy atom. The van der Waals surface area contributed by atoms with Crippen LogP contribution in [-0.2, 0) is 16.0 Å². The minimum Gasteiger partial charge on any atom is -0.357 e. The highest BCUT2D eigenvalue weighted by atomic mass is 16.2. The number of hydrogen-bond acceptors (Lipinski definition) is 4. The zero-order valence-electron chi connectivity index (χ0n) is 18.8. The second kappa shape index (κ2) is 10.4. The van der Waals surface area contributed by atoms with E-state index in [1.54, 1.807) is 20.9 Å². The van der Waals surface area contributed by atoms with Crippen molar-refractivity contribution in [2.45, 2.75) is 57.5 Å². The minimum absolute atomic E-state index is 0.00796. The Labute approximate surface area is 181 Å². The number of nitrogens with one attached hydrogen (secondary N) is 2. The van der Waals surface area contributed by atoms with Crippen molar-refractivity contribution in [2.75, 3.05) is 39.8 Å². The molecule has 1 atom stereocenters. The Balaban J connectivity index is 1.44.